The van der Waals surface area contributed by atoms with E-state index in [2.05, 4.69) is 15.5 Å². The third kappa shape index (κ3) is 5.66. The van der Waals surface area contributed by atoms with Crippen molar-refractivity contribution in [3.05, 3.63) is 87.1 Å². The van der Waals surface area contributed by atoms with Crippen molar-refractivity contribution >= 4 is 29.3 Å². The molecule has 0 atom stereocenters. The van der Waals surface area contributed by atoms with E-state index < -0.39 is 4.92 Å². The lowest BCUT2D eigenvalue weighted by Gasteiger charge is -2.11. The fourth-order valence-electron chi connectivity index (χ4n) is 2.36. The van der Waals surface area contributed by atoms with E-state index in [0.717, 1.165) is 17.3 Å². The monoisotopic (exact) mass is 412 g/mol. The normalized spacial score (nSPS) is 10.7. The zero-order valence-corrected chi connectivity index (χ0v) is 16.2. The summed E-state index contributed by atoms with van der Waals surface area (Å²) in [5.74, 6) is 1.56. The number of aromatic nitrogens is 1. The van der Waals surface area contributed by atoms with Gasteiger partial charge < -0.3 is 9.47 Å². The summed E-state index contributed by atoms with van der Waals surface area (Å²) < 4.78 is 11.2. The molecule has 0 saturated heterocycles. The Kier molecular flexibility index (Phi) is 6.59. The van der Waals surface area contributed by atoms with E-state index >= 15 is 0 Å². The molecule has 29 heavy (non-hydrogen) atoms. The van der Waals surface area contributed by atoms with Crippen LogP contribution >= 0.6 is 11.6 Å². The van der Waals surface area contributed by atoms with E-state index in [-0.39, 0.29) is 5.69 Å². The minimum atomic E-state index is -0.511. The first-order valence-corrected chi connectivity index (χ1v) is 8.88. The van der Waals surface area contributed by atoms with Gasteiger partial charge in [0.05, 0.1) is 18.2 Å². The van der Waals surface area contributed by atoms with Gasteiger partial charge in [-0.3, -0.25) is 15.5 Å². The van der Waals surface area contributed by atoms with E-state index in [1.54, 1.807) is 25.5 Å². The molecule has 0 aliphatic heterocycles. The standard InChI is InChI=1S/C20H17ClN4O4/c1-28-19-10-15(11-23-24-20-9-7-17(12-22-20)25(26)27)4-8-18(19)29-13-14-2-5-16(21)6-3-14/h2-12H,13H2,1H3,(H,22,24)/b23-11+. The maximum atomic E-state index is 10.6. The predicted octanol–water partition coefficient (Wildman–Crippen LogP) is 4.68. The number of hydrazone groups is 1. The Bertz CT molecular complexity index is 1010. The lowest BCUT2D eigenvalue weighted by Crippen LogP contribution is -1.99. The number of nitrogens with one attached hydrogen (secondary N) is 1. The van der Waals surface area contributed by atoms with Crippen LogP contribution in [0.15, 0.2) is 65.9 Å². The number of rotatable bonds is 8. The van der Waals surface area contributed by atoms with Crippen LogP contribution in [0.4, 0.5) is 11.5 Å². The highest BCUT2D eigenvalue weighted by atomic mass is 35.5. The van der Waals surface area contributed by atoms with Gasteiger partial charge in [-0.05, 0) is 47.5 Å². The Morgan fingerprint density at radius 2 is 1.97 bits per heavy atom. The van der Waals surface area contributed by atoms with Crippen LogP contribution in [-0.4, -0.2) is 23.2 Å². The Labute approximate surface area is 171 Å². The Morgan fingerprint density at radius 1 is 1.17 bits per heavy atom. The molecule has 1 N–H and O–H groups in total. The van der Waals surface area contributed by atoms with Crippen molar-refractivity contribution in [1.29, 1.82) is 0 Å². The first kappa shape index (κ1) is 20.1. The molecule has 3 rings (SSSR count). The van der Waals surface area contributed by atoms with E-state index in [0.29, 0.717) is 28.9 Å². The summed E-state index contributed by atoms with van der Waals surface area (Å²) in [7, 11) is 1.56. The molecule has 0 radical (unpaired) electrons. The second-order valence-corrected chi connectivity index (χ2v) is 6.29. The molecule has 1 aromatic heterocycles. The maximum absolute atomic E-state index is 10.6. The summed E-state index contributed by atoms with van der Waals surface area (Å²) in [5.41, 5.74) is 4.39. The summed E-state index contributed by atoms with van der Waals surface area (Å²) in [5, 5.41) is 15.4. The van der Waals surface area contributed by atoms with Gasteiger partial charge in [-0.1, -0.05) is 23.7 Å². The number of halogens is 1. The number of nitro groups is 1. The molecule has 2 aromatic carbocycles. The van der Waals surface area contributed by atoms with Gasteiger partial charge in [0.1, 0.15) is 18.6 Å². The van der Waals surface area contributed by atoms with Gasteiger partial charge in [0.2, 0.25) is 0 Å². The number of pyridine rings is 1. The van der Waals surface area contributed by atoms with Crippen molar-refractivity contribution in [2.75, 3.05) is 12.5 Å². The van der Waals surface area contributed by atoms with Crippen molar-refractivity contribution in [1.82, 2.24) is 4.98 Å². The molecule has 0 spiro atoms. The molecule has 9 heteroatoms. The first-order chi connectivity index (χ1) is 14.0. The summed E-state index contributed by atoms with van der Waals surface area (Å²) in [6.07, 6.45) is 2.74. The minimum Gasteiger partial charge on any atom is -0.493 e. The molecule has 1 heterocycles. The van der Waals surface area contributed by atoms with Crippen LogP contribution < -0.4 is 14.9 Å². The molecule has 0 aliphatic carbocycles. The second-order valence-electron chi connectivity index (χ2n) is 5.85. The molecular formula is C20H17ClN4O4. The van der Waals surface area contributed by atoms with Crippen molar-refractivity contribution in [3.63, 3.8) is 0 Å². The van der Waals surface area contributed by atoms with Gasteiger partial charge in [-0.25, -0.2) is 4.98 Å². The van der Waals surface area contributed by atoms with Crippen molar-refractivity contribution in [3.8, 4) is 11.5 Å². The van der Waals surface area contributed by atoms with Crippen LogP contribution in [-0.2, 0) is 6.61 Å². The smallest absolute Gasteiger partial charge is 0.287 e. The van der Waals surface area contributed by atoms with E-state index in [1.165, 1.54) is 12.1 Å². The van der Waals surface area contributed by atoms with Crippen LogP contribution in [0.2, 0.25) is 5.02 Å². The fraction of sp³-hybridized carbons (Fsp3) is 0.100. The summed E-state index contributed by atoms with van der Waals surface area (Å²) in [6, 6.07) is 15.6. The fourth-order valence-corrected chi connectivity index (χ4v) is 2.48. The van der Waals surface area contributed by atoms with Crippen LogP contribution in [0.3, 0.4) is 0 Å². The summed E-state index contributed by atoms with van der Waals surface area (Å²) in [6.45, 7) is 0.383. The van der Waals surface area contributed by atoms with Gasteiger partial charge in [-0.2, -0.15) is 5.10 Å². The number of ether oxygens (including phenoxy) is 2. The van der Waals surface area contributed by atoms with E-state index in [9.17, 15) is 10.1 Å². The van der Waals surface area contributed by atoms with Gasteiger partial charge in [0, 0.05) is 11.1 Å². The van der Waals surface area contributed by atoms with Crippen LogP contribution in [0.25, 0.3) is 0 Å². The molecule has 0 bridgehead atoms. The molecule has 0 saturated carbocycles. The highest BCUT2D eigenvalue weighted by Gasteiger charge is 2.07. The van der Waals surface area contributed by atoms with Crippen molar-refractivity contribution in [2.45, 2.75) is 6.61 Å². The van der Waals surface area contributed by atoms with Gasteiger partial charge >= 0.3 is 0 Å². The van der Waals surface area contributed by atoms with Crippen molar-refractivity contribution in [2.24, 2.45) is 5.10 Å². The highest BCUT2D eigenvalue weighted by molar-refractivity contribution is 6.30. The SMILES string of the molecule is COc1cc(/C=N/Nc2ccc([N+](=O)[O-])cn2)ccc1OCc1ccc(Cl)cc1. The van der Waals surface area contributed by atoms with Crippen LogP contribution in [0.5, 0.6) is 11.5 Å². The Balaban J connectivity index is 1.62. The zero-order valence-electron chi connectivity index (χ0n) is 15.4. The average Bonchev–Trinajstić information content (AvgIpc) is 2.74. The maximum Gasteiger partial charge on any atom is 0.287 e. The third-order valence-electron chi connectivity index (χ3n) is 3.85. The Morgan fingerprint density at radius 3 is 2.62 bits per heavy atom. The summed E-state index contributed by atoms with van der Waals surface area (Å²) >= 11 is 5.88. The average molecular weight is 413 g/mol. The topological polar surface area (TPSA) is 98.9 Å². The minimum absolute atomic E-state index is 0.0848. The predicted molar refractivity (Wildman–Crippen MR) is 111 cm³/mol. The van der Waals surface area contributed by atoms with E-state index in [4.69, 9.17) is 21.1 Å². The molecular weight excluding hydrogens is 396 g/mol. The molecule has 3 aromatic rings. The number of hydrogen-bond acceptors (Lipinski definition) is 7. The van der Waals surface area contributed by atoms with Crippen LogP contribution in [0, 0.1) is 10.1 Å². The lowest BCUT2D eigenvalue weighted by molar-refractivity contribution is -0.385. The quantitative estimate of drug-likeness (QED) is 0.327. The molecule has 0 aliphatic rings. The summed E-state index contributed by atoms with van der Waals surface area (Å²) in [4.78, 5) is 14.0. The van der Waals surface area contributed by atoms with Gasteiger partial charge in [0.15, 0.2) is 11.5 Å². The number of benzene rings is 2. The zero-order chi connectivity index (χ0) is 20.6. The van der Waals surface area contributed by atoms with Gasteiger partial charge in [0.25, 0.3) is 5.69 Å². The largest absolute Gasteiger partial charge is 0.493 e. The van der Waals surface area contributed by atoms with E-state index in [1.807, 2.05) is 30.3 Å². The highest BCUT2D eigenvalue weighted by Crippen LogP contribution is 2.28. The third-order valence-corrected chi connectivity index (χ3v) is 4.10. The molecule has 148 valence electrons. The second kappa shape index (κ2) is 9.52. The molecule has 8 nitrogen and oxygen atoms in total. The number of anilines is 1. The van der Waals surface area contributed by atoms with Gasteiger partial charge in [-0.15, -0.1) is 0 Å². The number of methoxy groups -OCH3 is 1. The van der Waals surface area contributed by atoms with Crippen LogP contribution in [0.1, 0.15) is 11.1 Å². The Hall–Kier alpha value is -3.65. The molecule has 0 amide bonds. The number of nitrogens with zero attached hydrogens (tertiary/aromatic N) is 3. The molecule has 0 unspecified atom stereocenters. The lowest BCUT2D eigenvalue weighted by atomic mass is 10.2. The molecule has 0 fully saturated rings. The van der Waals surface area contributed by atoms with Crippen molar-refractivity contribution < 1.29 is 14.4 Å². The first-order valence-electron chi connectivity index (χ1n) is 8.50. The number of hydrogen-bond donors (Lipinski definition) is 1.